The fourth-order valence-electron chi connectivity index (χ4n) is 4.73. The van der Waals surface area contributed by atoms with Crippen LogP contribution in [0.25, 0.3) is 11.1 Å². The first-order chi connectivity index (χ1) is 21.0. The topological polar surface area (TPSA) is 97.8 Å². The van der Waals surface area contributed by atoms with E-state index in [0.29, 0.717) is 48.4 Å². The van der Waals surface area contributed by atoms with Gasteiger partial charge in [-0.2, -0.15) is 0 Å². The van der Waals surface area contributed by atoms with Crippen molar-refractivity contribution < 1.29 is 23.9 Å². The maximum atomic E-state index is 14.1. The lowest BCUT2D eigenvalue weighted by atomic mass is 9.94. The Bertz CT molecular complexity index is 1510. The summed E-state index contributed by atoms with van der Waals surface area (Å²) in [6.45, 7) is 5.49. The number of esters is 1. The summed E-state index contributed by atoms with van der Waals surface area (Å²) in [4.78, 5) is 45.4. The average Bonchev–Trinajstić information content (AvgIpc) is 3.05. The highest BCUT2D eigenvalue weighted by Crippen LogP contribution is 2.28. The molecule has 0 aliphatic carbocycles. The third kappa shape index (κ3) is 8.75. The van der Waals surface area contributed by atoms with Gasteiger partial charge in [-0.3, -0.25) is 19.4 Å². The van der Waals surface area contributed by atoms with Crippen molar-refractivity contribution >= 4 is 17.8 Å². The Hall–Kier alpha value is -4.98. The van der Waals surface area contributed by atoms with Gasteiger partial charge >= 0.3 is 5.97 Å². The standard InChI is InChI=1S/C35H37N3O5/c1-3-42-28-17-15-26(16-18-28)19-22-38(23-20-33(39)43-4-2)35(41)32-14-8-6-12-30(32)29-11-5-7-13-31(29)34(40)37-25-27-10-9-21-36-24-27/h5-18,21,24H,3-4,19-20,22-23,25H2,1-2H3,(H,37,40). The molecule has 0 bridgehead atoms. The summed E-state index contributed by atoms with van der Waals surface area (Å²) in [6, 6.07) is 26.0. The molecule has 0 fully saturated rings. The number of nitrogens with zero attached hydrogens (tertiary/aromatic N) is 2. The number of hydrogen-bond acceptors (Lipinski definition) is 6. The van der Waals surface area contributed by atoms with Crippen LogP contribution in [0.1, 0.15) is 52.1 Å². The second-order valence-corrected chi connectivity index (χ2v) is 9.81. The smallest absolute Gasteiger partial charge is 0.307 e. The van der Waals surface area contributed by atoms with E-state index in [1.165, 1.54) is 0 Å². The molecule has 8 nitrogen and oxygen atoms in total. The van der Waals surface area contributed by atoms with Crippen LogP contribution in [0, 0.1) is 0 Å². The Morgan fingerprint density at radius 3 is 2.14 bits per heavy atom. The third-order valence-electron chi connectivity index (χ3n) is 6.88. The van der Waals surface area contributed by atoms with Crippen LogP contribution in [-0.2, 0) is 22.5 Å². The van der Waals surface area contributed by atoms with Crippen molar-refractivity contribution in [2.24, 2.45) is 0 Å². The lowest BCUT2D eigenvalue weighted by Gasteiger charge is -2.24. The van der Waals surface area contributed by atoms with Crippen LogP contribution in [0.15, 0.2) is 97.3 Å². The molecule has 0 spiro atoms. The number of carbonyl (C=O) groups excluding carboxylic acids is 3. The second kappa shape index (κ2) is 15.9. The zero-order valence-electron chi connectivity index (χ0n) is 24.6. The fourth-order valence-corrected chi connectivity index (χ4v) is 4.73. The number of rotatable bonds is 14. The lowest BCUT2D eigenvalue weighted by Crippen LogP contribution is -2.35. The first-order valence-corrected chi connectivity index (χ1v) is 14.5. The highest BCUT2D eigenvalue weighted by molar-refractivity contribution is 6.06. The first-order valence-electron chi connectivity index (χ1n) is 14.5. The van der Waals surface area contributed by atoms with Gasteiger partial charge in [0, 0.05) is 43.2 Å². The molecule has 0 aliphatic rings. The fraction of sp³-hybridized carbons (Fsp3) is 0.257. The van der Waals surface area contributed by atoms with Gasteiger partial charge in [0.1, 0.15) is 5.75 Å². The summed E-state index contributed by atoms with van der Waals surface area (Å²) in [7, 11) is 0. The Morgan fingerprint density at radius 1 is 0.767 bits per heavy atom. The molecule has 1 aromatic heterocycles. The van der Waals surface area contributed by atoms with Gasteiger partial charge in [-0.05, 0) is 72.9 Å². The average molecular weight is 580 g/mol. The Labute approximate surface area is 252 Å². The summed E-state index contributed by atoms with van der Waals surface area (Å²) in [5, 5.41) is 2.96. The van der Waals surface area contributed by atoms with Gasteiger partial charge in [0.05, 0.1) is 19.6 Å². The number of carbonyl (C=O) groups is 3. The van der Waals surface area contributed by atoms with Crippen LogP contribution in [0.3, 0.4) is 0 Å². The van der Waals surface area contributed by atoms with E-state index in [1.807, 2.05) is 67.6 Å². The minimum Gasteiger partial charge on any atom is -0.494 e. The van der Waals surface area contributed by atoms with Gasteiger partial charge in [0.2, 0.25) is 0 Å². The van der Waals surface area contributed by atoms with Gasteiger partial charge in [-0.25, -0.2) is 0 Å². The van der Waals surface area contributed by atoms with Crippen LogP contribution >= 0.6 is 0 Å². The minimum atomic E-state index is -0.356. The van der Waals surface area contributed by atoms with Gasteiger partial charge in [0.25, 0.3) is 11.8 Å². The third-order valence-corrected chi connectivity index (χ3v) is 6.88. The quantitative estimate of drug-likeness (QED) is 0.192. The molecule has 3 aromatic carbocycles. The van der Waals surface area contributed by atoms with Crippen molar-refractivity contribution in [3.05, 3.63) is 120 Å². The molecule has 43 heavy (non-hydrogen) atoms. The SMILES string of the molecule is CCOC(=O)CCN(CCc1ccc(OCC)cc1)C(=O)c1ccccc1-c1ccccc1C(=O)NCc1cccnc1. The van der Waals surface area contributed by atoms with Gasteiger partial charge in [0.15, 0.2) is 0 Å². The second-order valence-electron chi connectivity index (χ2n) is 9.81. The molecule has 0 saturated carbocycles. The van der Waals surface area contributed by atoms with E-state index in [1.54, 1.807) is 48.5 Å². The van der Waals surface area contributed by atoms with Crippen molar-refractivity contribution in [1.82, 2.24) is 15.2 Å². The molecular formula is C35H37N3O5. The molecule has 0 atom stereocenters. The number of ether oxygens (including phenoxy) is 2. The van der Waals surface area contributed by atoms with E-state index in [4.69, 9.17) is 9.47 Å². The molecule has 0 unspecified atom stereocenters. The molecule has 8 heteroatoms. The first kappa shape index (κ1) is 31.0. The maximum Gasteiger partial charge on any atom is 0.307 e. The Kier molecular flexibility index (Phi) is 11.4. The van der Waals surface area contributed by atoms with Crippen LogP contribution in [0.5, 0.6) is 5.75 Å². The summed E-state index contributed by atoms with van der Waals surface area (Å²) < 4.78 is 10.7. The number of hydrogen-bond donors (Lipinski definition) is 1. The molecule has 0 radical (unpaired) electrons. The summed E-state index contributed by atoms with van der Waals surface area (Å²) >= 11 is 0. The predicted octanol–water partition coefficient (Wildman–Crippen LogP) is 5.72. The molecule has 1 N–H and O–H groups in total. The number of nitrogens with one attached hydrogen (secondary N) is 1. The van der Waals surface area contributed by atoms with Crippen molar-refractivity contribution in [3.8, 4) is 16.9 Å². The largest absolute Gasteiger partial charge is 0.494 e. The van der Waals surface area contributed by atoms with E-state index in [-0.39, 0.29) is 37.4 Å². The predicted molar refractivity (Wildman–Crippen MR) is 166 cm³/mol. The highest BCUT2D eigenvalue weighted by Gasteiger charge is 2.23. The molecule has 222 valence electrons. The van der Waals surface area contributed by atoms with Crippen molar-refractivity contribution in [2.45, 2.75) is 33.2 Å². The van der Waals surface area contributed by atoms with E-state index in [9.17, 15) is 14.4 Å². The van der Waals surface area contributed by atoms with Crippen molar-refractivity contribution in [1.29, 1.82) is 0 Å². The van der Waals surface area contributed by atoms with Gasteiger partial charge in [-0.1, -0.05) is 54.6 Å². The monoisotopic (exact) mass is 579 g/mol. The maximum absolute atomic E-state index is 14.1. The van der Waals surface area contributed by atoms with Gasteiger partial charge in [-0.15, -0.1) is 0 Å². The molecule has 4 rings (SSSR count). The number of pyridine rings is 1. The summed E-state index contributed by atoms with van der Waals surface area (Å²) in [5.74, 6) is -0.0448. The van der Waals surface area contributed by atoms with Crippen LogP contribution in [0.2, 0.25) is 0 Å². The van der Waals surface area contributed by atoms with E-state index in [2.05, 4.69) is 10.3 Å². The van der Waals surface area contributed by atoms with Crippen molar-refractivity contribution in [3.63, 3.8) is 0 Å². The molecule has 0 saturated heterocycles. The Morgan fingerprint density at radius 2 is 1.47 bits per heavy atom. The lowest BCUT2D eigenvalue weighted by molar-refractivity contribution is -0.143. The van der Waals surface area contributed by atoms with Crippen LogP contribution in [-0.4, -0.2) is 54.0 Å². The Balaban J connectivity index is 1.58. The van der Waals surface area contributed by atoms with Crippen LogP contribution < -0.4 is 10.1 Å². The molecular weight excluding hydrogens is 542 g/mol. The minimum absolute atomic E-state index is 0.0817. The zero-order valence-corrected chi connectivity index (χ0v) is 24.6. The number of benzene rings is 3. The van der Waals surface area contributed by atoms with Crippen molar-refractivity contribution in [2.75, 3.05) is 26.3 Å². The van der Waals surface area contributed by atoms with E-state index >= 15 is 0 Å². The summed E-state index contributed by atoms with van der Waals surface area (Å²) in [6.07, 6.45) is 4.07. The zero-order chi connectivity index (χ0) is 30.4. The molecule has 4 aromatic rings. The number of aromatic nitrogens is 1. The van der Waals surface area contributed by atoms with E-state index < -0.39 is 0 Å². The van der Waals surface area contributed by atoms with E-state index in [0.717, 1.165) is 16.9 Å². The molecule has 1 heterocycles. The highest BCUT2D eigenvalue weighted by atomic mass is 16.5. The molecule has 0 aliphatic heterocycles. The summed E-state index contributed by atoms with van der Waals surface area (Å²) in [5.41, 5.74) is 4.12. The number of amides is 2. The van der Waals surface area contributed by atoms with Crippen LogP contribution in [0.4, 0.5) is 0 Å². The normalized spacial score (nSPS) is 10.6. The van der Waals surface area contributed by atoms with Gasteiger partial charge < -0.3 is 19.7 Å². The molecule has 2 amide bonds.